The van der Waals surface area contributed by atoms with E-state index in [1.54, 1.807) is 5.55 Å². The van der Waals surface area contributed by atoms with Crippen LogP contribution in [0.1, 0.15) is 0 Å². The van der Waals surface area contributed by atoms with E-state index in [4.69, 9.17) is 5.73 Å². The Labute approximate surface area is 40.0 Å². The standard InChI is InChI=1S/C2H4N3S/c3-2-5-4-1-6-2/h1,5H,3H2. The molecule has 0 aromatic heterocycles. The first-order chi connectivity index (χ1) is 2.89. The maximum absolute atomic E-state index is 5.18. The molecule has 33 valence electrons. The molecule has 0 spiro atoms. The SMILES string of the molecule is N[C]1NN=CS1. The van der Waals surface area contributed by atoms with Crippen molar-refractivity contribution in [2.24, 2.45) is 10.8 Å². The molecule has 0 fully saturated rings. The summed E-state index contributed by atoms with van der Waals surface area (Å²) in [4.78, 5) is 0. The largest absolute Gasteiger partial charge is 0.295 e. The van der Waals surface area contributed by atoms with Crippen LogP contribution in [0.3, 0.4) is 0 Å². The van der Waals surface area contributed by atoms with Gasteiger partial charge < -0.3 is 0 Å². The van der Waals surface area contributed by atoms with Crippen molar-refractivity contribution in [3.8, 4) is 0 Å². The molecule has 0 saturated carbocycles. The third-order valence-corrected chi connectivity index (χ3v) is 0.963. The van der Waals surface area contributed by atoms with E-state index in [1.807, 2.05) is 0 Å². The highest BCUT2D eigenvalue weighted by Crippen LogP contribution is 2.09. The van der Waals surface area contributed by atoms with Crippen molar-refractivity contribution >= 4 is 17.3 Å². The molecule has 3 nitrogen and oxygen atoms in total. The van der Waals surface area contributed by atoms with Gasteiger partial charge in [0.25, 0.3) is 0 Å². The van der Waals surface area contributed by atoms with Crippen LogP contribution >= 0.6 is 11.8 Å². The molecule has 1 heterocycles. The summed E-state index contributed by atoms with van der Waals surface area (Å²) in [6.45, 7) is 0. The second-order valence-corrected chi connectivity index (χ2v) is 1.71. The van der Waals surface area contributed by atoms with Gasteiger partial charge in [-0.1, -0.05) is 11.8 Å². The van der Waals surface area contributed by atoms with Gasteiger partial charge in [-0.05, 0) is 0 Å². The molecular weight excluding hydrogens is 98.1 g/mol. The van der Waals surface area contributed by atoms with E-state index in [-0.39, 0.29) is 0 Å². The van der Waals surface area contributed by atoms with Gasteiger partial charge in [0.15, 0.2) is 0 Å². The topological polar surface area (TPSA) is 50.4 Å². The summed E-state index contributed by atoms with van der Waals surface area (Å²) in [6, 6.07) is 0. The fraction of sp³-hybridized carbons (Fsp3) is 0. The van der Waals surface area contributed by atoms with Crippen molar-refractivity contribution in [1.82, 2.24) is 5.43 Å². The fourth-order valence-electron chi connectivity index (χ4n) is 0.199. The fourth-order valence-corrected chi connectivity index (χ4v) is 0.524. The number of hydrogen-bond acceptors (Lipinski definition) is 4. The van der Waals surface area contributed by atoms with E-state index in [0.29, 0.717) is 5.50 Å². The maximum atomic E-state index is 5.18. The number of rotatable bonds is 0. The summed E-state index contributed by atoms with van der Waals surface area (Å²) >= 11 is 1.39. The Kier molecular flexibility index (Phi) is 0.979. The van der Waals surface area contributed by atoms with Crippen LogP contribution in [0.15, 0.2) is 5.10 Å². The highest BCUT2D eigenvalue weighted by Gasteiger charge is 2.02. The Bertz CT molecular complexity index is 63.2. The third kappa shape index (κ3) is 0.636. The first-order valence-corrected chi connectivity index (χ1v) is 2.34. The molecule has 0 unspecified atom stereocenters. The van der Waals surface area contributed by atoms with E-state index < -0.39 is 0 Å². The second-order valence-electron chi connectivity index (χ2n) is 0.828. The Morgan fingerprint density at radius 3 is 3.00 bits per heavy atom. The van der Waals surface area contributed by atoms with Crippen molar-refractivity contribution in [3.05, 3.63) is 5.50 Å². The van der Waals surface area contributed by atoms with Gasteiger partial charge in [0, 0.05) is 0 Å². The predicted octanol–water partition coefficient (Wildman–Crippen LogP) is -0.328. The van der Waals surface area contributed by atoms with E-state index in [2.05, 4.69) is 10.5 Å². The van der Waals surface area contributed by atoms with E-state index in [1.165, 1.54) is 11.8 Å². The Hall–Kier alpha value is -0.220. The summed E-state index contributed by atoms with van der Waals surface area (Å²) < 4.78 is 0. The van der Waals surface area contributed by atoms with Gasteiger partial charge in [0.05, 0.1) is 5.55 Å². The van der Waals surface area contributed by atoms with E-state index >= 15 is 0 Å². The normalized spacial score (nSPS) is 21.5. The zero-order valence-corrected chi connectivity index (χ0v) is 3.83. The van der Waals surface area contributed by atoms with Crippen LogP contribution in [0.5, 0.6) is 0 Å². The van der Waals surface area contributed by atoms with Gasteiger partial charge in [-0.15, -0.1) is 0 Å². The summed E-state index contributed by atoms with van der Waals surface area (Å²) in [6.07, 6.45) is 0. The van der Waals surface area contributed by atoms with E-state index in [9.17, 15) is 0 Å². The Balaban J connectivity index is 2.32. The number of nitrogens with two attached hydrogens (primary N) is 1. The molecule has 0 amide bonds. The number of nitrogens with zero attached hydrogens (tertiary/aromatic N) is 1. The second kappa shape index (κ2) is 1.49. The molecule has 6 heavy (non-hydrogen) atoms. The molecule has 0 saturated heterocycles. The van der Waals surface area contributed by atoms with Crippen molar-refractivity contribution < 1.29 is 0 Å². The quantitative estimate of drug-likeness (QED) is 0.440. The maximum Gasteiger partial charge on any atom is 0.203 e. The van der Waals surface area contributed by atoms with Crippen molar-refractivity contribution in [2.45, 2.75) is 0 Å². The van der Waals surface area contributed by atoms with Gasteiger partial charge in [0.2, 0.25) is 5.50 Å². The third-order valence-electron chi connectivity index (χ3n) is 0.407. The lowest BCUT2D eigenvalue weighted by atomic mass is 11.2. The van der Waals surface area contributed by atoms with Crippen LogP contribution in [0.2, 0.25) is 0 Å². The Morgan fingerprint density at radius 2 is 2.83 bits per heavy atom. The minimum absolute atomic E-state index is 0.648. The lowest BCUT2D eigenvalue weighted by molar-refractivity contribution is 0.853. The van der Waals surface area contributed by atoms with Crippen LogP contribution in [0.4, 0.5) is 0 Å². The van der Waals surface area contributed by atoms with Crippen molar-refractivity contribution in [1.29, 1.82) is 0 Å². The summed E-state index contributed by atoms with van der Waals surface area (Å²) in [5.41, 5.74) is 10.0. The number of hydrazone groups is 1. The molecule has 0 bridgehead atoms. The van der Waals surface area contributed by atoms with Crippen LogP contribution in [0.25, 0.3) is 0 Å². The molecule has 1 radical (unpaired) electrons. The average molecular weight is 102 g/mol. The van der Waals surface area contributed by atoms with Gasteiger partial charge in [0.1, 0.15) is 0 Å². The smallest absolute Gasteiger partial charge is 0.203 e. The molecule has 0 atom stereocenters. The molecule has 0 aliphatic carbocycles. The predicted molar refractivity (Wildman–Crippen MR) is 26.6 cm³/mol. The van der Waals surface area contributed by atoms with Crippen LogP contribution in [0, 0.1) is 5.50 Å². The van der Waals surface area contributed by atoms with Crippen LogP contribution in [-0.4, -0.2) is 5.55 Å². The summed E-state index contributed by atoms with van der Waals surface area (Å²) in [7, 11) is 0. The van der Waals surface area contributed by atoms with Crippen molar-refractivity contribution in [2.75, 3.05) is 0 Å². The first kappa shape index (κ1) is 3.95. The molecule has 4 heteroatoms. The van der Waals surface area contributed by atoms with Gasteiger partial charge in [-0.3, -0.25) is 11.2 Å². The molecule has 1 rings (SSSR count). The lowest BCUT2D eigenvalue weighted by Crippen LogP contribution is -2.15. The van der Waals surface area contributed by atoms with Gasteiger partial charge in [-0.2, -0.15) is 5.10 Å². The molecule has 0 aromatic carbocycles. The summed E-state index contributed by atoms with van der Waals surface area (Å²) in [5, 5.41) is 3.59. The van der Waals surface area contributed by atoms with Crippen LogP contribution < -0.4 is 11.2 Å². The number of nitrogens with one attached hydrogen (secondary N) is 1. The molecule has 3 N–H and O–H groups in total. The Morgan fingerprint density at radius 1 is 2.00 bits per heavy atom. The average Bonchev–Trinajstić information content (AvgIpc) is 1.86. The van der Waals surface area contributed by atoms with Gasteiger partial charge in [-0.25, -0.2) is 0 Å². The molecular formula is C2H4N3S. The van der Waals surface area contributed by atoms with E-state index in [0.717, 1.165) is 0 Å². The molecule has 1 aliphatic rings. The first-order valence-electron chi connectivity index (χ1n) is 1.46. The highest BCUT2D eigenvalue weighted by molar-refractivity contribution is 8.14. The zero-order chi connectivity index (χ0) is 4.41. The molecule has 1 aliphatic heterocycles. The van der Waals surface area contributed by atoms with Gasteiger partial charge >= 0.3 is 0 Å². The highest BCUT2D eigenvalue weighted by atomic mass is 32.2. The van der Waals surface area contributed by atoms with Crippen LogP contribution in [-0.2, 0) is 0 Å². The minimum Gasteiger partial charge on any atom is -0.295 e. The van der Waals surface area contributed by atoms with Crippen molar-refractivity contribution in [3.63, 3.8) is 0 Å². The zero-order valence-electron chi connectivity index (χ0n) is 3.01. The number of hydrogen-bond donors (Lipinski definition) is 2. The number of thioether (sulfide) groups is 1. The molecule has 0 aromatic rings. The summed E-state index contributed by atoms with van der Waals surface area (Å²) in [5.74, 6) is 0. The monoisotopic (exact) mass is 102 g/mol. The lowest BCUT2D eigenvalue weighted by Gasteiger charge is -1.92. The minimum atomic E-state index is 0.648.